The number of hydrogen-bond acceptors (Lipinski definition) is 2. The lowest BCUT2D eigenvalue weighted by molar-refractivity contribution is -0.148. The van der Waals surface area contributed by atoms with Crippen LogP contribution in [0.1, 0.15) is 27.2 Å². The maximum Gasteiger partial charge on any atom is 0.316 e. The fourth-order valence-corrected chi connectivity index (χ4v) is 1.69. The monoisotopic (exact) mass is 242 g/mol. The van der Waals surface area contributed by atoms with Crippen LogP contribution in [0.4, 0.5) is 0 Å². The van der Waals surface area contributed by atoms with Gasteiger partial charge in [-0.25, -0.2) is 0 Å². The number of carbonyl (C=O) groups excluding carboxylic acids is 1. The highest BCUT2D eigenvalue weighted by molar-refractivity contribution is 5.77. The first-order chi connectivity index (χ1) is 8.47. The summed E-state index contributed by atoms with van der Waals surface area (Å²) >= 11 is 0. The van der Waals surface area contributed by atoms with Gasteiger partial charge >= 0.3 is 5.97 Å². The van der Waals surface area contributed by atoms with Gasteiger partial charge in [-0.3, -0.25) is 4.79 Å². The number of hydrogen-bond donors (Lipinski definition) is 0. The van der Waals surface area contributed by atoms with Crippen LogP contribution in [-0.2, 0) is 9.53 Å². The summed E-state index contributed by atoms with van der Waals surface area (Å²) in [6.07, 6.45) is 14.7. The summed E-state index contributed by atoms with van der Waals surface area (Å²) in [5, 5.41) is 0. The van der Waals surface area contributed by atoms with Crippen molar-refractivity contribution in [2.75, 3.05) is 0 Å². The summed E-state index contributed by atoms with van der Waals surface area (Å²) in [6.45, 7) is 5.57. The van der Waals surface area contributed by atoms with Gasteiger partial charge in [-0.05, 0) is 38.0 Å². The van der Waals surface area contributed by atoms with Gasteiger partial charge in [-0.15, -0.1) is 0 Å². The van der Waals surface area contributed by atoms with Gasteiger partial charge in [0.1, 0.15) is 5.76 Å². The van der Waals surface area contributed by atoms with E-state index in [1.807, 2.05) is 57.2 Å². The van der Waals surface area contributed by atoms with E-state index in [2.05, 4.69) is 6.08 Å². The van der Waals surface area contributed by atoms with Crippen LogP contribution in [0.5, 0.6) is 0 Å². The molecule has 0 N–H and O–H groups in total. The summed E-state index contributed by atoms with van der Waals surface area (Å²) in [5.74, 6) is 0.449. The Kier molecular flexibility index (Phi) is 3.37. The highest BCUT2D eigenvalue weighted by Gasteiger charge is 2.25. The molecule has 2 bridgehead atoms. The lowest BCUT2D eigenvalue weighted by atomic mass is 9.97. The Bertz CT molecular complexity index is 506. The third-order valence-corrected chi connectivity index (χ3v) is 2.80. The van der Waals surface area contributed by atoms with E-state index < -0.39 is 5.41 Å². The average molecular weight is 242 g/mol. The van der Waals surface area contributed by atoms with Crippen molar-refractivity contribution in [3.05, 3.63) is 59.4 Å². The third kappa shape index (κ3) is 2.89. The van der Waals surface area contributed by atoms with Crippen LogP contribution < -0.4 is 0 Å². The molecule has 0 aromatic rings. The summed E-state index contributed by atoms with van der Waals surface area (Å²) < 4.78 is 5.52. The molecule has 94 valence electrons. The first-order valence-electron chi connectivity index (χ1n) is 6.14. The molecule has 0 aliphatic heterocycles. The van der Waals surface area contributed by atoms with Crippen molar-refractivity contribution in [2.45, 2.75) is 27.2 Å². The van der Waals surface area contributed by atoms with Crippen molar-refractivity contribution in [3.63, 3.8) is 0 Å². The van der Waals surface area contributed by atoms with E-state index in [4.69, 9.17) is 4.74 Å². The fraction of sp³-hybridized carbons (Fsp3) is 0.312. The molecule has 0 atom stereocenters. The molecule has 0 heterocycles. The second-order valence-electron chi connectivity index (χ2n) is 5.52. The largest absolute Gasteiger partial charge is 0.426 e. The minimum Gasteiger partial charge on any atom is -0.426 e. The SMILES string of the molecule is CC(C)(C)C(=O)OC1=CC=CC2=CC=CC=C1C2. The van der Waals surface area contributed by atoms with Gasteiger partial charge in [-0.2, -0.15) is 0 Å². The maximum absolute atomic E-state index is 11.9. The minimum atomic E-state index is -0.489. The molecule has 2 rings (SSSR count). The molecule has 0 fully saturated rings. The maximum atomic E-state index is 11.9. The predicted molar refractivity (Wildman–Crippen MR) is 72.7 cm³/mol. The average Bonchev–Trinajstić information content (AvgIpc) is 2.61. The number of allylic oxidation sites excluding steroid dienone is 9. The van der Waals surface area contributed by atoms with Gasteiger partial charge in [-0.1, -0.05) is 36.5 Å². The van der Waals surface area contributed by atoms with Gasteiger partial charge < -0.3 is 4.74 Å². The Labute approximate surface area is 108 Å². The van der Waals surface area contributed by atoms with E-state index in [1.165, 1.54) is 5.57 Å². The van der Waals surface area contributed by atoms with Gasteiger partial charge in [0.2, 0.25) is 0 Å². The van der Waals surface area contributed by atoms with Crippen LogP contribution in [0.15, 0.2) is 59.4 Å². The van der Waals surface area contributed by atoms with Gasteiger partial charge in [0.05, 0.1) is 5.41 Å². The molecule has 2 nitrogen and oxygen atoms in total. The molecule has 0 saturated carbocycles. The quantitative estimate of drug-likeness (QED) is 0.653. The molecule has 0 saturated heterocycles. The Morgan fingerprint density at radius 3 is 2.56 bits per heavy atom. The van der Waals surface area contributed by atoms with E-state index in [9.17, 15) is 4.79 Å². The molecule has 2 aliphatic carbocycles. The molecule has 0 spiro atoms. The Morgan fingerprint density at radius 2 is 1.83 bits per heavy atom. The molecule has 2 aliphatic rings. The number of ether oxygens (including phenoxy) is 1. The smallest absolute Gasteiger partial charge is 0.316 e. The van der Waals surface area contributed by atoms with E-state index >= 15 is 0 Å². The number of carbonyl (C=O) groups is 1. The lowest BCUT2D eigenvalue weighted by Gasteiger charge is -2.18. The van der Waals surface area contributed by atoms with Gasteiger partial charge in [0.25, 0.3) is 0 Å². The molecule has 2 heteroatoms. The van der Waals surface area contributed by atoms with Gasteiger partial charge in [0.15, 0.2) is 0 Å². The van der Waals surface area contributed by atoms with E-state index in [1.54, 1.807) is 0 Å². The highest BCUT2D eigenvalue weighted by Crippen LogP contribution is 2.28. The summed E-state index contributed by atoms with van der Waals surface area (Å²) in [7, 11) is 0. The zero-order valence-corrected chi connectivity index (χ0v) is 11.1. The van der Waals surface area contributed by atoms with Crippen LogP contribution in [0.25, 0.3) is 0 Å². The van der Waals surface area contributed by atoms with Crippen molar-refractivity contribution in [3.8, 4) is 0 Å². The lowest BCUT2D eigenvalue weighted by Crippen LogP contribution is -2.23. The van der Waals surface area contributed by atoms with Crippen LogP contribution in [0.2, 0.25) is 0 Å². The molecule has 18 heavy (non-hydrogen) atoms. The topological polar surface area (TPSA) is 26.3 Å². The standard InChI is InChI=1S/C16H18O2/c1-16(2,3)15(17)18-14-10-6-8-12-7-4-5-9-13(14)11-12/h4-10H,11H2,1-3H3. The zero-order valence-electron chi connectivity index (χ0n) is 11.1. The van der Waals surface area contributed by atoms with Crippen LogP contribution in [-0.4, -0.2) is 5.97 Å². The second kappa shape index (κ2) is 4.81. The summed E-state index contributed by atoms with van der Waals surface area (Å²) in [4.78, 5) is 11.9. The van der Waals surface area contributed by atoms with Gasteiger partial charge in [0, 0.05) is 6.42 Å². The molecular weight excluding hydrogens is 224 g/mol. The molecule has 0 unspecified atom stereocenters. The first kappa shape index (κ1) is 12.6. The van der Waals surface area contributed by atoms with Crippen LogP contribution >= 0.6 is 0 Å². The Balaban J connectivity index is 2.24. The second-order valence-corrected chi connectivity index (χ2v) is 5.52. The number of rotatable bonds is 1. The Morgan fingerprint density at radius 1 is 1.11 bits per heavy atom. The van der Waals surface area contributed by atoms with Crippen molar-refractivity contribution in [1.82, 2.24) is 0 Å². The predicted octanol–water partition coefficient (Wildman–Crippen LogP) is 3.84. The Hall–Kier alpha value is -1.83. The van der Waals surface area contributed by atoms with Crippen molar-refractivity contribution < 1.29 is 9.53 Å². The number of esters is 1. The summed E-state index contributed by atoms with van der Waals surface area (Å²) in [5.41, 5.74) is 1.77. The molecule has 0 radical (unpaired) electrons. The molecular formula is C16H18O2. The normalized spacial score (nSPS) is 18.3. The van der Waals surface area contributed by atoms with Crippen molar-refractivity contribution >= 4 is 5.97 Å². The van der Waals surface area contributed by atoms with E-state index in [0.717, 1.165) is 12.0 Å². The molecule has 0 aromatic carbocycles. The van der Waals surface area contributed by atoms with E-state index in [0.29, 0.717) is 5.76 Å². The first-order valence-corrected chi connectivity index (χ1v) is 6.14. The molecule has 0 aromatic heterocycles. The highest BCUT2D eigenvalue weighted by atomic mass is 16.5. The van der Waals surface area contributed by atoms with Crippen LogP contribution in [0, 0.1) is 5.41 Å². The van der Waals surface area contributed by atoms with Crippen molar-refractivity contribution in [2.24, 2.45) is 5.41 Å². The fourth-order valence-electron chi connectivity index (χ4n) is 1.69. The minimum absolute atomic E-state index is 0.205. The number of fused-ring (bicyclic) bond motifs is 2. The molecule has 0 amide bonds. The zero-order chi connectivity index (χ0) is 13.2. The third-order valence-electron chi connectivity index (χ3n) is 2.80. The van der Waals surface area contributed by atoms with Crippen LogP contribution in [0.3, 0.4) is 0 Å². The summed E-state index contributed by atoms with van der Waals surface area (Å²) in [6, 6.07) is 0. The van der Waals surface area contributed by atoms with Crippen molar-refractivity contribution in [1.29, 1.82) is 0 Å². The van der Waals surface area contributed by atoms with E-state index in [-0.39, 0.29) is 5.97 Å².